The van der Waals surface area contributed by atoms with Gasteiger partial charge < -0.3 is 15.8 Å². The summed E-state index contributed by atoms with van der Waals surface area (Å²) in [5.41, 5.74) is 5.19. The summed E-state index contributed by atoms with van der Waals surface area (Å²) in [6.45, 7) is 2.76. The molecule has 0 aromatic heterocycles. The third-order valence-corrected chi connectivity index (χ3v) is 7.45. The van der Waals surface area contributed by atoms with Crippen LogP contribution < -0.4 is 11.1 Å². The molecule has 3 N–H and O–H groups in total. The number of ketones is 3. The van der Waals surface area contributed by atoms with E-state index in [1.54, 1.807) is 0 Å². The minimum Gasteiger partial charge on any atom is -0.379 e. The zero-order valence-electron chi connectivity index (χ0n) is 22.6. The Bertz CT molecular complexity index is 860. The van der Waals surface area contributed by atoms with Crippen LogP contribution in [0.5, 0.6) is 0 Å². The fourth-order valence-corrected chi connectivity index (χ4v) is 5.06. The van der Waals surface area contributed by atoms with Crippen LogP contribution in [0.15, 0.2) is 12.2 Å². The number of nitrogens with zero attached hydrogens (tertiary/aromatic N) is 1. The molecule has 1 saturated carbocycles. The number of rotatable bonds is 19. The van der Waals surface area contributed by atoms with Gasteiger partial charge in [-0.1, -0.05) is 12.8 Å². The third kappa shape index (κ3) is 11.3. The van der Waals surface area contributed by atoms with Crippen LogP contribution in [0, 0.1) is 17.8 Å². The predicted molar refractivity (Wildman–Crippen MR) is 141 cm³/mol. The van der Waals surface area contributed by atoms with Gasteiger partial charge in [-0.05, 0) is 51.4 Å². The van der Waals surface area contributed by atoms with Crippen molar-refractivity contribution in [1.82, 2.24) is 10.2 Å². The standard InChI is InChI=1S/C28H43N3O7/c1-20(32)23(17-24(33)13-15-38-16-14-30-26(35)18-29)5-3-2-4-6-25(34)22-9-7-21(8-10-22)19-31-27(36)11-12-28(31)37/h11-12,21-23H,2-10,13-19,29H2,1H3,(H,30,35). The molecule has 1 heterocycles. The van der Waals surface area contributed by atoms with Crippen molar-refractivity contribution in [3.05, 3.63) is 12.2 Å². The molecule has 1 aliphatic carbocycles. The first-order valence-electron chi connectivity index (χ1n) is 13.8. The summed E-state index contributed by atoms with van der Waals surface area (Å²) in [4.78, 5) is 72.7. The van der Waals surface area contributed by atoms with E-state index in [1.165, 1.54) is 24.0 Å². The average Bonchev–Trinajstić information content (AvgIpc) is 3.21. The highest BCUT2D eigenvalue weighted by molar-refractivity contribution is 6.12. The molecule has 10 heteroatoms. The van der Waals surface area contributed by atoms with Gasteiger partial charge in [0.05, 0.1) is 19.8 Å². The Kier molecular flexibility index (Phi) is 14.1. The second kappa shape index (κ2) is 17.0. The topological polar surface area (TPSA) is 153 Å². The number of nitrogens with two attached hydrogens (primary N) is 1. The van der Waals surface area contributed by atoms with Crippen molar-refractivity contribution in [3.8, 4) is 0 Å². The number of carbonyl (C=O) groups excluding carboxylic acids is 6. The molecule has 1 unspecified atom stereocenters. The average molecular weight is 534 g/mol. The van der Waals surface area contributed by atoms with Crippen LogP contribution in [0.2, 0.25) is 0 Å². The van der Waals surface area contributed by atoms with Crippen LogP contribution in [0.25, 0.3) is 0 Å². The highest BCUT2D eigenvalue weighted by Gasteiger charge is 2.31. The number of nitrogens with one attached hydrogen (secondary N) is 1. The Morgan fingerprint density at radius 2 is 1.68 bits per heavy atom. The van der Waals surface area contributed by atoms with Gasteiger partial charge in [0.15, 0.2) is 0 Å². The van der Waals surface area contributed by atoms with Gasteiger partial charge in [0.1, 0.15) is 17.3 Å². The maximum absolute atomic E-state index is 12.7. The summed E-state index contributed by atoms with van der Waals surface area (Å²) in [6, 6.07) is 0. The number of carbonyl (C=O) groups is 6. The Balaban J connectivity index is 1.54. The molecule has 0 radical (unpaired) electrons. The number of hydrogen-bond acceptors (Lipinski definition) is 8. The van der Waals surface area contributed by atoms with Crippen LogP contribution >= 0.6 is 0 Å². The van der Waals surface area contributed by atoms with Crippen molar-refractivity contribution < 1.29 is 33.5 Å². The second-order valence-electron chi connectivity index (χ2n) is 10.4. The highest BCUT2D eigenvalue weighted by Crippen LogP contribution is 2.31. The molecule has 0 aromatic rings. The van der Waals surface area contributed by atoms with Gasteiger partial charge in [-0.3, -0.25) is 33.7 Å². The number of Topliss-reactive ketones (excluding diaryl/α,β-unsaturated/α-hetero) is 3. The van der Waals surface area contributed by atoms with Crippen LogP contribution in [0.4, 0.5) is 0 Å². The van der Waals surface area contributed by atoms with E-state index in [4.69, 9.17) is 10.5 Å². The summed E-state index contributed by atoms with van der Waals surface area (Å²) < 4.78 is 5.35. The number of ether oxygens (including phenoxy) is 1. The summed E-state index contributed by atoms with van der Waals surface area (Å²) in [6.07, 6.45) is 9.89. The van der Waals surface area contributed by atoms with Gasteiger partial charge in [0, 0.05) is 56.3 Å². The minimum atomic E-state index is -0.304. The fourth-order valence-electron chi connectivity index (χ4n) is 5.06. The van der Waals surface area contributed by atoms with Gasteiger partial charge in [-0.25, -0.2) is 0 Å². The van der Waals surface area contributed by atoms with Crippen LogP contribution in [0.1, 0.15) is 77.6 Å². The summed E-state index contributed by atoms with van der Waals surface area (Å²) in [7, 11) is 0. The van der Waals surface area contributed by atoms with Gasteiger partial charge in [0.25, 0.3) is 11.8 Å². The van der Waals surface area contributed by atoms with Crippen LogP contribution in [-0.2, 0) is 33.5 Å². The summed E-state index contributed by atoms with van der Waals surface area (Å²) in [5, 5.41) is 2.58. The van der Waals surface area contributed by atoms with Crippen LogP contribution in [0.3, 0.4) is 0 Å². The molecule has 0 saturated heterocycles. The van der Waals surface area contributed by atoms with Crippen molar-refractivity contribution in [2.24, 2.45) is 23.5 Å². The van der Waals surface area contributed by atoms with Crippen molar-refractivity contribution >= 4 is 35.1 Å². The second-order valence-corrected chi connectivity index (χ2v) is 10.4. The van der Waals surface area contributed by atoms with Crippen molar-refractivity contribution in [1.29, 1.82) is 0 Å². The Morgan fingerprint density at radius 1 is 1.00 bits per heavy atom. The molecule has 1 fully saturated rings. The number of hydrogen-bond donors (Lipinski definition) is 2. The first-order chi connectivity index (χ1) is 18.2. The predicted octanol–water partition coefficient (Wildman–Crippen LogP) is 1.88. The normalized spacial score (nSPS) is 20.0. The lowest BCUT2D eigenvalue weighted by Crippen LogP contribution is -2.36. The van der Waals surface area contributed by atoms with E-state index in [1.807, 2.05) is 0 Å². The molecule has 2 rings (SSSR count). The van der Waals surface area contributed by atoms with E-state index < -0.39 is 0 Å². The lowest BCUT2D eigenvalue weighted by molar-refractivity contribution is -0.138. The SMILES string of the molecule is CC(=O)C(CCCCCC(=O)C1CCC(CN2C(=O)C=CC2=O)CC1)CC(=O)CCOCCNC(=O)CN. The maximum Gasteiger partial charge on any atom is 0.253 e. The molecule has 1 aliphatic heterocycles. The molecule has 1 atom stereocenters. The third-order valence-electron chi connectivity index (χ3n) is 7.45. The van der Waals surface area contributed by atoms with E-state index in [0.717, 1.165) is 44.9 Å². The van der Waals surface area contributed by atoms with Gasteiger partial charge in [-0.2, -0.15) is 0 Å². The van der Waals surface area contributed by atoms with Crippen molar-refractivity contribution in [2.45, 2.75) is 77.6 Å². The highest BCUT2D eigenvalue weighted by atomic mass is 16.5. The molecule has 2 aliphatic rings. The molecule has 10 nitrogen and oxygen atoms in total. The number of amides is 3. The van der Waals surface area contributed by atoms with Gasteiger partial charge in [0.2, 0.25) is 5.91 Å². The quantitative estimate of drug-likeness (QED) is 0.189. The van der Waals surface area contributed by atoms with E-state index in [0.29, 0.717) is 32.5 Å². The lowest BCUT2D eigenvalue weighted by Gasteiger charge is -2.30. The van der Waals surface area contributed by atoms with Gasteiger partial charge in [-0.15, -0.1) is 0 Å². The fraction of sp³-hybridized carbons (Fsp3) is 0.714. The zero-order valence-corrected chi connectivity index (χ0v) is 22.6. The summed E-state index contributed by atoms with van der Waals surface area (Å²) in [5.74, 6) is -0.486. The smallest absolute Gasteiger partial charge is 0.253 e. The number of imide groups is 1. The Hall–Kier alpha value is -2.72. The largest absolute Gasteiger partial charge is 0.379 e. The van der Waals surface area contributed by atoms with E-state index >= 15 is 0 Å². The van der Waals surface area contributed by atoms with Gasteiger partial charge >= 0.3 is 0 Å². The first-order valence-corrected chi connectivity index (χ1v) is 13.8. The molecule has 3 amide bonds. The van der Waals surface area contributed by atoms with E-state index in [9.17, 15) is 28.8 Å². The Labute approximate surface area is 225 Å². The molecule has 0 bridgehead atoms. The Morgan fingerprint density at radius 3 is 2.32 bits per heavy atom. The van der Waals surface area contributed by atoms with Crippen molar-refractivity contribution in [3.63, 3.8) is 0 Å². The maximum atomic E-state index is 12.7. The first kappa shape index (κ1) is 31.5. The van der Waals surface area contributed by atoms with E-state index in [2.05, 4.69) is 5.32 Å². The molecular formula is C28H43N3O7. The molecular weight excluding hydrogens is 490 g/mol. The van der Waals surface area contributed by atoms with E-state index in [-0.39, 0.29) is 78.8 Å². The summed E-state index contributed by atoms with van der Waals surface area (Å²) >= 11 is 0. The van der Waals surface area contributed by atoms with Crippen molar-refractivity contribution in [2.75, 3.05) is 32.8 Å². The van der Waals surface area contributed by atoms with Crippen LogP contribution in [-0.4, -0.2) is 72.8 Å². The molecule has 0 spiro atoms. The molecule has 212 valence electrons. The lowest BCUT2D eigenvalue weighted by atomic mass is 9.79. The number of unbranched alkanes of at least 4 members (excludes halogenated alkanes) is 2. The molecule has 38 heavy (non-hydrogen) atoms. The zero-order chi connectivity index (χ0) is 27.9. The molecule has 0 aromatic carbocycles. The minimum absolute atomic E-state index is 0.00436. The monoisotopic (exact) mass is 533 g/mol.